The van der Waals surface area contributed by atoms with Crippen LogP contribution in [0.1, 0.15) is 33.4 Å². The fourth-order valence-electron chi connectivity index (χ4n) is 3.37. The summed E-state index contributed by atoms with van der Waals surface area (Å²) in [7, 11) is 0. The fourth-order valence-corrected chi connectivity index (χ4v) is 3.37. The number of rotatable bonds is 6. The van der Waals surface area contributed by atoms with Crippen LogP contribution in [0.4, 0.5) is 0 Å². The second-order valence-electron chi connectivity index (χ2n) is 7.21. The van der Waals surface area contributed by atoms with Crippen molar-refractivity contribution in [3.05, 3.63) is 137 Å². The van der Waals surface area contributed by atoms with Crippen molar-refractivity contribution >= 4 is 36.5 Å². The summed E-state index contributed by atoms with van der Waals surface area (Å²) in [5.41, 5.74) is 5.87. The van der Waals surface area contributed by atoms with E-state index in [-0.39, 0.29) is 5.75 Å². The highest BCUT2D eigenvalue weighted by Crippen LogP contribution is 2.30. The Morgan fingerprint density at radius 3 is 1.29 bits per heavy atom. The Kier molecular flexibility index (Phi) is 6.57. The van der Waals surface area contributed by atoms with Gasteiger partial charge in [-0.3, -0.25) is 5.11 Å². The molecule has 0 aliphatic rings. The van der Waals surface area contributed by atoms with Gasteiger partial charge in [0.25, 0.3) is 0 Å². The molecule has 0 aliphatic carbocycles. The first-order valence-corrected chi connectivity index (χ1v) is 10.3. The third-order valence-electron chi connectivity index (χ3n) is 5.02. The summed E-state index contributed by atoms with van der Waals surface area (Å²) in [6.45, 7) is 0. The van der Waals surface area contributed by atoms with Gasteiger partial charge in [-0.2, -0.15) is 0 Å². The van der Waals surface area contributed by atoms with E-state index in [1.54, 1.807) is 6.07 Å². The number of benzene rings is 4. The monoisotopic (exact) mass is 399 g/mol. The van der Waals surface area contributed by atoms with Crippen molar-refractivity contribution in [3.8, 4) is 5.75 Å². The smallest absolute Gasteiger partial charge is 0.186 e. The van der Waals surface area contributed by atoms with Crippen molar-refractivity contribution in [2.24, 2.45) is 0 Å². The van der Waals surface area contributed by atoms with E-state index in [4.69, 9.17) is 0 Å². The first-order valence-electron chi connectivity index (χ1n) is 10.3. The highest BCUT2D eigenvalue weighted by molar-refractivity contribution is 5.87. The fraction of sp³-hybridized carbons (Fsp3) is 0. The second-order valence-corrected chi connectivity index (χ2v) is 7.21. The highest BCUT2D eigenvalue weighted by atomic mass is 16.3. The zero-order valence-corrected chi connectivity index (χ0v) is 17.2. The molecule has 0 bridgehead atoms. The molecule has 0 aliphatic heterocycles. The zero-order chi connectivity index (χ0) is 21.3. The van der Waals surface area contributed by atoms with Crippen LogP contribution in [0.25, 0.3) is 36.5 Å². The highest BCUT2D eigenvalue weighted by Gasteiger charge is 2.09. The Morgan fingerprint density at radius 1 is 0.387 bits per heavy atom. The number of hydrogen-bond donors (Lipinski definition) is 0. The van der Waals surface area contributed by atoms with Gasteiger partial charge in [0.1, 0.15) is 0 Å². The molecule has 0 saturated heterocycles. The second kappa shape index (κ2) is 10.1. The Balaban J connectivity index is 1.77. The lowest BCUT2D eigenvalue weighted by molar-refractivity contribution is 0.354. The predicted molar refractivity (Wildman–Crippen MR) is 133 cm³/mol. The van der Waals surface area contributed by atoms with Crippen LogP contribution in [0.3, 0.4) is 0 Å². The maximum Gasteiger partial charge on any atom is 0.186 e. The molecule has 149 valence electrons. The molecule has 0 fully saturated rings. The van der Waals surface area contributed by atoms with Crippen molar-refractivity contribution < 1.29 is 5.11 Å². The normalized spacial score (nSPS) is 11.6. The van der Waals surface area contributed by atoms with E-state index >= 15 is 0 Å². The van der Waals surface area contributed by atoms with Gasteiger partial charge in [-0.1, -0.05) is 127 Å². The molecule has 4 aromatic rings. The minimum Gasteiger partial charge on any atom is -0.289 e. The van der Waals surface area contributed by atoms with Crippen molar-refractivity contribution in [1.29, 1.82) is 0 Å². The lowest BCUT2D eigenvalue weighted by Crippen LogP contribution is -1.88. The quantitative estimate of drug-likeness (QED) is 0.290. The largest absolute Gasteiger partial charge is 0.289 e. The van der Waals surface area contributed by atoms with Crippen molar-refractivity contribution in [2.45, 2.75) is 0 Å². The molecule has 0 unspecified atom stereocenters. The van der Waals surface area contributed by atoms with E-state index in [0.717, 1.165) is 27.8 Å². The van der Waals surface area contributed by atoms with Gasteiger partial charge in [0.2, 0.25) is 0 Å². The molecule has 0 aromatic heterocycles. The van der Waals surface area contributed by atoms with Crippen LogP contribution in [0, 0.1) is 0 Å². The molecule has 0 atom stereocenters. The molecular weight excluding hydrogens is 376 g/mol. The van der Waals surface area contributed by atoms with Gasteiger partial charge in [-0.15, -0.1) is 0 Å². The molecule has 1 radical (unpaired) electrons. The van der Waals surface area contributed by atoms with Gasteiger partial charge >= 0.3 is 0 Å². The van der Waals surface area contributed by atoms with Gasteiger partial charge in [0, 0.05) is 5.56 Å². The first kappa shape index (κ1) is 20.2. The summed E-state index contributed by atoms with van der Waals surface area (Å²) in [4.78, 5) is 0. The SMILES string of the molecule is [O]c1ccc(/C=C/c2ccccc2)c(/C=C/c2ccccc2)c1/C=C/c1ccccc1. The summed E-state index contributed by atoms with van der Waals surface area (Å²) in [6, 6.07) is 33.9. The lowest BCUT2D eigenvalue weighted by Gasteiger charge is -2.08. The van der Waals surface area contributed by atoms with Gasteiger partial charge < -0.3 is 0 Å². The third kappa shape index (κ3) is 5.49. The minimum absolute atomic E-state index is 0.0109. The molecule has 1 heteroatoms. The van der Waals surface area contributed by atoms with Crippen molar-refractivity contribution in [3.63, 3.8) is 0 Å². The summed E-state index contributed by atoms with van der Waals surface area (Å²) in [6.07, 6.45) is 12.1. The molecule has 0 heterocycles. The van der Waals surface area contributed by atoms with Crippen LogP contribution >= 0.6 is 0 Å². The van der Waals surface area contributed by atoms with Crippen LogP contribution in [0.2, 0.25) is 0 Å². The summed E-state index contributed by atoms with van der Waals surface area (Å²) in [5.74, 6) is 0.0109. The molecule has 0 saturated carbocycles. The molecule has 4 aromatic carbocycles. The maximum atomic E-state index is 12.8. The first-order chi connectivity index (χ1) is 15.3. The van der Waals surface area contributed by atoms with Crippen LogP contribution in [-0.2, 0) is 5.11 Å². The average Bonchev–Trinajstić information content (AvgIpc) is 2.83. The molecule has 0 N–H and O–H groups in total. The van der Waals surface area contributed by atoms with Crippen LogP contribution in [0.5, 0.6) is 5.75 Å². The van der Waals surface area contributed by atoms with Crippen LogP contribution in [0.15, 0.2) is 103 Å². The molecular formula is C30H23O. The van der Waals surface area contributed by atoms with Gasteiger partial charge in [0.05, 0.1) is 0 Å². The Hall–Kier alpha value is -4.10. The van der Waals surface area contributed by atoms with E-state index in [0.29, 0.717) is 5.56 Å². The van der Waals surface area contributed by atoms with E-state index in [9.17, 15) is 5.11 Å². The van der Waals surface area contributed by atoms with Crippen molar-refractivity contribution in [2.75, 3.05) is 0 Å². The predicted octanol–water partition coefficient (Wildman–Crippen LogP) is 8.34. The van der Waals surface area contributed by atoms with E-state index < -0.39 is 0 Å². The van der Waals surface area contributed by atoms with E-state index in [1.165, 1.54) is 0 Å². The lowest BCUT2D eigenvalue weighted by atomic mass is 9.96. The van der Waals surface area contributed by atoms with Gasteiger partial charge in [-0.05, 0) is 40.0 Å². The molecule has 0 spiro atoms. The van der Waals surface area contributed by atoms with Crippen molar-refractivity contribution in [1.82, 2.24) is 0 Å². The number of hydrogen-bond acceptors (Lipinski definition) is 0. The Bertz CT molecular complexity index is 1200. The Labute approximate surface area is 184 Å². The molecule has 4 rings (SSSR count). The topological polar surface area (TPSA) is 19.9 Å². The van der Waals surface area contributed by atoms with Crippen LogP contribution in [-0.4, -0.2) is 0 Å². The Morgan fingerprint density at radius 2 is 0.806 bits per heavy atom. The summed E-state index contributed by atoms with van der Waals surface area (Å²) in [5, 5.41) is 12.8. The maximum absolute atomic E-state index is 12.8. The minimum atomic E-state index is 0.0109. The molecule has 0 amide bonds. The zero-order valence-electron chi connectivity index (χ0n) is 17.2. The van der Waals surface area contributed by atoms with E-state index in [2.05, 4.69) is 42.5 Å². The average molecular weight is 400 g/mol. The van der Waals surface area contributed by atoms with E-state index in [1.807, 2.05) is 91.0 Å². The standard InChI is InChI=1S/C30H23O/c31-30-23-20-27(19-16-24-10-4-1-5-11-24)28(21-17-25-12-6-2-7-13-25)29(30)22-18-26-14-8-3-9-15-26/h1-23H/b19-16+,21-17+,22-18+. The third-order valence-corrected chi connectivity index (χ3v) is 5.02. The van der Waals surface area contributed by atoms with Gasteiger partial charge in [0.15, 0.2) is 5.75 Å². The summed E-state index contributed by atoms with van der Waals surface area (Å²) < 4.78 is 0. The molecule has 1 nitrogen and oxygen atoms in total. The molecule has 31 heavy (non-hydrogen) atoms. The van der Waals surface area contributed by atoms with Crippen LogP contribution < -0.4 is 0 Å². The summed E-state index contributed by atoms with van der Waals surface area (Å²) >= 11 is 0. The van der Waals surface area contributed by atoms with Gasteiger partial charge in [-0.25, -0.2) is 0 Å².